The zero-order valence-electron chi connectivity index (χ0n) is 13.5. The van der Waals surface area contributed by atoms with Crippen molar-refractivity contribution in [1.82, 2.24) is 10.6 Å². The minimum absolute atomic E-state index is 0.123. The molecule has 0 aromatic heterocycles. The highest BCUT2D eigenvalue weighted by Gasteiger charge is 2.34. The first-order valence-corrected chi connectivity index (χ1v) is 8.50. The molecule has 0 amide bonds. The number of methoxy groups -OCH3 is 1. The molecule has 4 heteroatoms. The minimum atomic E-state index is 0.123. The summed E-state index contributed by atoms with van der Waals surface area (Å²) in [7, 11) is 1.79. The molecule has 0 spiro atoms. The van der Waals surface area contributed by atoms with Crippen LogP contribution in [0.2, 0.25) is 0 Å². The van der Waals surface area contributed by atoms with Crippen LogP contribution in [0.1, 0.15) is 30.9 Å². The maximum Gasteiger partial charge on any atom is 0.0945 e. The number of morpholine rings is 1. The third-order valence-corrected chi connectivity index (χ3v) is 5.06. The van der Waals surface area contributed by atoms with Crippen molar-refractivity contribution >= 4 is 0 Å². The third kappa shape index (κ3) is 3.87. The van der Waals surface area contributed by atoms with E-state index in [0.717, 1.165) is 26.3 Å². The van der Waals surface area contributed by atoms with Crippen molar-refractivity contribution in [3.63, 3.8) is 0 Å². The molecule has 1 aliphatic heterocycles. The lowest BCUT2D eigenvalue weighted by Gasteiger charge is -2.33. The summed E-state index contributed by atoms with van der Waals surface area (Å²) in [6.45, 7) is 3.56. The molecule has 0 bridgehead atoms. The number of nitrogens with one attached hydrogen (secondary N) is 2. The highest BCUT2D eigenvalue weighted by Crippen LogP contribution is 2.30. The zero-order chi connectivity index (χ0) is 15.2. The van der Waals surface area contributed by atoms with Crippen LogP contribution in [-0.4, -0.2) is 45.5 Å². The van der Waals surface area contributed by atoms with Crippen LogP contribution in [0.5, 0.6) is 0 Å². The monoisotopic (exact) mass is 304 g/mol. The SMILES string of the molecule is COC(CNC1CCCC1C1COCCN1)c1ccccc1. The topological polar surface area (TPSA) is 42.5 Å². The van der Waals surface area contributed by atoms with Crippen LogP contribution in [0.15, 0.2) is 30.3 Å². The predicted octanol–water partition coefficient (Wildman–Crippen LogP) is 2.12. The second-order valence-electron chi connectivity index (χ2n) is 6.38. The Morgan fingerprint density at radius 1 is 1.32 bits per heavy atom. The Hall–Kier alpha value is -0.940. The Labute approximate surface area is 133 Å². The van der Waals surface area contributed by atoms with Gasteiger partial charge >= 0.3 is 0 Å². The van der Waals surface area contributed by atoms with Crippen LogP contribution in [0.3, 0.4) is 0 Å². The molecule has 2 fully saturated rings. The van der Waals surface area contributed by atoms with Gasteiger partial charge in [-0.3, -0.25) is 0 Å². The third-order valence-electron chi connectivity index (χ3n) is 5.06. The van der Waals surface area contributed by atoms with E-state index in [2.05, 4.69) is 34.9 Å². The van der Waals surface area contributed by atoms with Gasteiger partial charge in [0, 0.05) is 32.3 Å². The second-order valence-corrected chi connectivity index (χ2v) is 6.38. The van der Waals surface area contributed by atoms with Crippen molar-refractivity contribution in [3.05, 3.63) is 35.9 Å². The van der Waals surface area contributed by atoms with E-state index >= 15 is 0 Å². The summed E-state index contributed by atoms with van der Waals surface area (Å²) in [4.78, 5) is 0. The molecular weight excluding hydrogens is 276 g/mol. The zero-order valence-corrected chi connectivity index (χ0v) is 13.5. The molecule has 1 aliphatic carbocycles. The van der Waals surface area contributed by atoms with Crippen LogP contribution in [0, 0.1) is 5.92 Å². The van der Waals surface area contributed by atoms with Gasteiger partial charge in [0.05, 0.1) is 19.3 Å². The van der Waals surface area contributed by atoms with E-state index in [1.165, 1.54) is 24.8 Å². The maximum absolute atomic E-state index is 5.67. The summed E-state index contributed by atoms with van der Waals surface area (Å²) in [5.41, 5.74) is 1.24. The number of benzene rings is 1. The fraction of sp³-hybridized carbons (Fsp3) is 0.667. The van der Waals surface area contributed by atoms with Gasteiger partial charge < -0.3 is 20.1 Å². The van der Waals surface area contributed by atoms with Crippen molar-refractivity contribution < 1.29 is 9.47 Å². The average Bonchev–Trinajstić information content (AvgIpc) is 3.06. The molecular formula is C18H28N2O2. The Morgan fingerprint density at radius 2 is 2.18 bits per heavy atom. The largest absolute Gasteiger partial charge is 0.379 e. The molecule has 1 saturated heterocycles. The van der Waals surface area contributed by atoms with E-state index in [9.17, 15) is 0 Å². The first kappa shape index (κ1) is 15.9. The molecule has 4 unspecified atom stereocenters. The molecule has 1 aromatic carbocycles. The Balaban J connectivity index is 1.55. The lowest BCUT2D eigenvalue weighted by atomic mass is 9.93. The van der Waals surface area contributed by atoms with Crippen molar-refractivity contribution in [1.29, 1.82) is 0 Å². The summed E-state index contributed by atoms with van der Waals surface area (Å²) >= 11 is 0. The van der Waals surface area contributed by atoms with E-state index in [-0.39, 0.29) is 6.10 Å². The highest BCUT2D eigenvalue weighted by molar-refractivity contribution is 5.18. The molecule has 2 N–H and O–H groups in total. The number of hydrogen-bond acceptors (Lipinski definition) is 4. The first-order chi connectivity index (χ1) is 10.9. The normalized spacial score (nSPS) is 30.3. The summed E-state index contributed by atoms with van der Waals surface area (Å²) in [6.07, 6.45) is 3.98. The average molecular weight is 304 g/mol. The molecule has 1 saturated carbocycles. The molecule has 4 nitrogen and oxygen atoms in total. The summed E-state index contributed by atoms with van der Waals surface area (Å²) in [6, 6.07) is 11.5. The first-order valence-electron chi connectivity index (χ1n) is 8.50. The Bertz CT molecular complexity index is 434. The molecule has 4 atom stereocenters. The minimum Gasteiger partial charge on any atom is -0.379 e. The smallest absolute Gasteiger partial charge is 0.0945 e. The van der Waals surface area contributed by atoms with Crippen molar-refractivity contribution in [2.45, 2.75) is 37.5 Å². The number of ether oxygens (including phenoxy) is 2. The standard InChI is InChI=1S/C18H28N2O2/c1-21-18(14-6-3-2-4-7-14)12-20-16-9-5-8-15(16)17-13-22-11-10-19-17/h2-4,6-7,15-20H,5,8-13H2,1H3. The van der Waals surface area contributed by atoms with Crippen LogP contribution in [-0.2, 0) is 9.47 Å². The molecule has 0 radical (unpaired) electrons. The molecule has 1 aromatic rings. The van der Waals surface area contributed by atoms with Gasteiger partial charge in [-0.2, -0.15) is 0 Å². The quantitative estimate of drug-likeness (QED) is 0.845. The fourth-order valence-electron chi connectivity index (χ4n) is 3.85. The van der Waals surface area contributed by atoms with Crippen molar-refractivity contribution in [2.24, 2.45) is 5.92 Å². The molecule has 22 heavy (non-hydrogen) atoms. The Kier molecular flexibility index (Phi) is 5.84. The van der Waals surface area contributed by atoms with Gasteiger partial charge in [-0.25, -0.2) is 0 Å². The summed E-state index contributed by atoms with van der Waals surface area (Å²) in [5.74, 6) is 0.675. The highest BCUT2D eigenvalue weighted by atomic mass is 16.5. The molecule has 2 aliphatic rings. The molecule has 1 heterocycles. The van der Waals surface area contributed by atoms with Crippen molar-refractivity contribution in [3.8, 4) is 0 Å². The van der Waals surface area contributed by atoms with Crippen LogP contribution >= 0.6 is 0 Å². The lowest BCUT2D eigenvalue weighted by molar-refractivity contribution is 0.0496. The summed E-state index contributed by atoms with van der Waals surface area (Å²) < 4.78 is 11.3. The number of hydrogen-bond donors (Lipinski definition) is 2. The maximum atomic E-state index is 5.67. The van der Waals surface area contributed by atoms with Gasteiger partial charge in [-0.15, -0.1) is 0 Å². The van der Waals surface area contributed by atoms with Crippen LogP contribution < -0.4 is 10.6 Å². The predicted molar refractivity (Wildman–Crippen MR) is 87.9 cm³/mol. The number of rotatable bonds is 6. The van der Waals surface area contributed by atoms with E-state index in [0.29, 0.717) is 18.0 Å². The van der Waals surface area contributed by atoms with Gasteiger partial charge in [0.25, 0.3) is 0 Å². The lowest BCUT2D eigenvalue weighted by Crippen LogP contribution is -2.51. The summed E-state index contributed by atoms with van der Waals surface area (Å²) in [5, 5.41) is 7.39. The molecule has 3 rings (SSSR count). The van der Waals surface area contributed by atoms with E-state index in [4.69, 9.17) is 9.47 Å². The van der Waals surface area contributed by atoms with Crippen LogP contribution in [0.4, 0.5) is 0 Å². The van der Waals surface area contributed by atoms with E-state index < -0.39 is 0 Å². The molecule has 122 valence electrons. The van der Waals surface area contributed by atoms with Gasteiger partial charge in [-0.1, -0.05) is 36.8 Å². The van der Waals surface area contributed by atoms with E-state index in [1.54, 1.807) is 7.11 Å². The van der Waals surface area contributed by atoms with Gasteiger partial charge in [0.1, 0.15) is 0 Å². The Morgan fingerprint density at radius 3 is 2.91 bits per heavy atom. The second kappa shape index (κ2) is 8.06. The van der Waals surface area contributed by atoms with Crippen molar-refractivity contribution in [2.75, 3.05) is 33.4 Å². The van der Waals surface area contributed by atoms with Gasteiger partial charge in [-0.05, 0) is 24.3 Å². The fourth-order valence-corrected chi connectivity index (χ4v) is 3.85. The van der Waals surface area contributed by atoms with Crippen LogP contribution in [0.25, 0.3) is 0 Å². The van der Waals surface area contributed by atoms with Gasteiger partial charge in [0.2, 0.25) is 0 Å². The van der Waals surface area contributed by atoms with E-state index in [1.807, 2.05) is 6.07 Å². The van der Waals surface area contributed by atoms with Gasteiger partial charge in [0.15, 0.2) is 0 Å².